The zero-order chi connectivity index (χ0) is 25.2. The molecule has 1 N–H and O–H groups in total. The number of carboxylic acid groups (broad SMARTS) is 1. The molecule has 0 saturated carbocycles. The van der Waals surface area contributed by atoms with Crippen LogP contribution >= 0.6 is 22.9 Å². The van der Waals surface area contributed by atoms with Gasteiger partial charge < -0.3 is 9.84 Å². The Hall–Kier alpha value is -2.62. The fourth-order valence-corrected chi connectivity index (χ4v) is 6.24. The molecule has 0 fully saturated rings. The lowest BCUT2D eigenvalue weighted by molar-refractivity contribution is 0.0697. The topological polar surface area (TPSA) is 96.8 Å². The summed E-state index contributed by atoms with van der Waals surface area (Å²) in [5, 5.41) is 11.1. The Morgan fingerprint density at radius 3 is 2.41 bits per heavy atom. The number of ether oxygens (including phenoxy) is 1. The molecule has 0 atom stereocenters. The van der Waals surface area contributed by atoms with Crippen LogP contribution in [-0.4, -0.2) is 31.0 Å². The molecule has 10 heteroatoms. The Morgan fingerprint density at radius 2 is 1.85 bits per heavy atom. The van der Waals surface area contributed by atoms with E-state index in [1.165, 1.54) is 16.4 Å². The number of hydrogen-bond donors (Lipinski definition) is 1. The van der Waals surface area contributed by atoms with Crippen LogP contribution in [0, 0.1) is 26.7 Å². The Balaban J connectivity index is 2.04. The fourth-order valence-electron chi connectivity index (χ4n) is 3.24. The quantitative estimate of drug-likeness (QED) is 0.378. The van der Waals surface area contributed by atoms with Crippen molar-refractivity contribution >= 4 is 44.6 Å². The summed E-state index contributed by atoms with van der Waals surface area (Å²) in [6.45, 7) is 9.77. The standard InChI is InChI=1S/C24H27ClN2O5S2/c1-14(2)11-27(34(30,31)24-26-17(5)13-33-24)21-8-15(3)16(4)9-22(21)32-12-19-7-6-18(23(28)29)10-20(19)25/h6-10,13-14H,11-12H2,1-5H3,(H,28,29). The number of carbonyl (C=O) groups is 1. The second kappa shape index (κ2) is 10.3. The van der Waals surface area contributed by atoms with E-state index in [2.05, 4.69) is 4.98 Å². The lowest BCUT2D eigenvalue weighted by atomic mass is 10.1. The van der Waals surface area contributed by atoms with Crippen molar-refractivity contribution in [3.63, 3.8) is 0 Å². The number of thiazole rings is 1. The molecular formula is C24H27ClN2O5S2. The van der Waals surface area contributed by atoms with Crippen molar-refractivity contribution in [3.8, 4) is 5.75 Å². The number of nitrogens with zero attached hydrogens (tertiary/aromatic N) is 2. The molecule has 0 amide bonds. The van der Waals surface area contributed by atoms with Gasteiger partial charge in [-0.05, 0) is 62.1 Å². The van der Waals surface area contributed by atoms with Gasteiger partial charge >= 0.3 is 5.97 Å². The summed E-state index contributed by atoms with van der Waals surface area (Å²) in [4.78, 5) is 15.4. The average Bonchev–Trinajstić information content (AvgIpc) is 3.20. The van der Waals surface area contributed by atoms with Gasteiger partial charge in [0.25, 0.3) is 10.0 Å². The Morgan fingerprint density at radius 1 is 1.18 bits per heavy atom. The SMILES string of the molecule is Cc1csc(S(=O)(=O)N(CC(C)C)c2cc(C)c(C)cc2OCc2ccc(C(=O)O)cc2Cl)n1. The number of sulfonamides is 1. The van der Waals surface area contributed by atoms with Gasteiger partial charge in [-0.25, -0.2) is 9.78 Å². The van der Waals surface area contributed by atoms with E-state index in [-0.39, 0.29) is 34.0 Å². The molecule has 0 saturated heterocycles. The van der Waals surface area contributed by atoms with E-state index >= 15 is 0 Å². The second-order valence-corrected chi connectivity index (χ2v) is 11.8. The number of rotatable bonds is 9. The van der Waals surface area contributed by atoms with Crippen molar-refractivity contribution in [2.24, 2.45) is 5.92 Å². The van der Waals surface area contributed by atoms with Crippen molar-refractivity contribution < 1.29 is 23.1 Å². The van der Waals surface area contributed by atoms with E-state index in [0.29, 0.717) is 22.7 Å². The molecule has 3 rings (SSSR count). The summed E-state index contributed by atoms with van der Waals surface area (Å²) >= 11 is 7.35. The van der Waals surface area contributed by atoms with Gasteiger partial charge in [0.1, 0.15) is 12.4 Å². The molecule has 0 aliphatic carbocycles. The first-order valence-corrected chi connectivity index (χ1v) is 13.3. The average molecular weight is 523 g/mol. The van der Waals surface area contributed by atoms with Gasteiger partial charge in [0.2, 0.25) is 4.34 Å². The highest BCUT2D eigenvalue weighted by molar-refractivity contribution is 7.94. The number of carboxylic acids is 1. The van der Waals surface area contributed by atoms with Crippen LogP contribution in [0.2, 0.25) is 5.02 Å². The van der Waals surface area contributed by atoms with Gasteiger partial charge in [-0.15, -0.1) is 11.3 Å². The number of aryl methyl sites for hydroxylation is 3. The smallest absolute Gasteiger partial charge is 0.335 e. The van der Waals surface area contributed by atoms with Crippen LogP contribution in [0.15, 0.2) is 40.1 Å². The summed E-state index contributed by atoms with van der Waals surface area (Å²) in [6, 6.07) is 8.02. The Kier molecular flexibility index (Phi) is 7.90. The molecule has 182 valence electrons. The molecule has 0 radical (unpaired) electrons. The number of benzene rings is 2. The van der Waals surface area contributed by atoms with Gasteiger partial charge in [-0.3, -0.25) is 4.31 Å². The van der Waals surface area contributed by atoms with E-state index < -0.39 is 16.0 Å². The highest BCUT2D eigenvalue weighted by Gasteiger charge is 2.31. The molecule has 0 spiro atoms. The van der Waals surface area contributed by atoms with Crippen LogP contribution < -0.4 is 9.04 Å². The lowest BCUT2D eigenvalue weighted by Gasteiger charge is -2.28. The van der Waals surface area contributed by atoms with E-state index in [9.17, 15) is 13.2 Å². The second-order valence-electron chi connectivity index (χ2n) is 8.49. The van der Waals surface area contributed by atoms with Crippen LogP contribution in [0.4, 0.5) is 5.69 Å². The number of halogens is 1. The summed E-state index contributed by atoms with van der Waals surface area (Å²) in [5.41, 5.74) is 3.59. The molecular weight excluding hydrogens is 496 g/mol. The first-order chi connectivity index (χ1) is 15.9. The van der Waals surface area contributed by atoms with Crippen LogP contribution in [0.5, 0.6) is 5.75 Å². The van der Waals surface area contributed by atoms with Gasteiger partial charge in [0, 0.05) is 28.2 Å². The number of aromatic nitrogens is 1. The van der Waals surface area contributed by atoms with Gasteiger partial charge in [-0.1, -0.05) is 31.5 Å². The highest BCUT2D eigenvalue weighted by Crippen LogP contribution is 2.37. The molecule has 7 nitrogen and oxygen atoms in total. The molecule has 1 aromatic heterocycles. The van der Waals surface area contributed by atoms with E-state index in [1.807, 2.05) is 27.7 Å². The van der Waals surface area contributed by atoms with Crippen molar-refractivity contribution in [3.05, 3.63) is 68.7 Å². The summed E-state index contributed by atoms with van der Waals surface area (Å²) in [7, 11) is -3.92. The first-order valence-electron chi connectivity index (χ1n) is 10.6. The lowest BCUT2D eigenvalue weighted by Crippen LogP contribution is -2.34. The molecule has 0 aliphatic rings. The zero-order valence-corrected chi connectivity index (χ0v) is 22.0. The summed E-state index contributed by atoms with van der Waals surface area (Å²) in [6.07, 6.45) is 0. The third-order valence-corrected chi connectivity index (χ3v) is 8.65. The van der Waals surface area contributed by atoms with Crippen LogP contribution in [0.25, 0.3) is 0 Å². The monoisotopic (exact) mass is 522 g/mol. The molecule has 0 unspecified atom stereocenters. The normalized spacial score (nSPS) is 11.6. The molecule has 0 bridgehead atoms. The first kappa shape index (κ1) is 26.0. The fraction of sp³-hybridized carbons (Fsp3) is 0.333. The molecule has 34 heavy (non-hydrogen) atoms. The van der Waals surface area contributed by atoms with Gasteiger partial charge in [0.15, 0.2) is 0 Å². The van der Waals surface area contributed by atoms with E-state index in [0.717, 1.165) is 22.5 Å². The maximum atomic E-state index is 13.6. The summed E-state index contributed by atoms with van der Waals surface area (Å²) < 4.78 is 34.7. The van der Waals surface area contributed by atoms with Gasteiger partial charge in [-0.2, -0.15) is 8.42 Å². The minimum absolute atomic E-state index is 0.0298. The maximum Gasteiger partial charge on any atom is 0.335 e. The predicted molar refractivity (Wildman–Crippen MR) is 135 cm³/mol. The highest BCUT2D eigenvalue weighted by atomic mass is 35.5. The number of anilines is 1. The predicted octanol–water partition coefficient (Wildman–Crippen LogP) is 5.85. The minimum Gasteiger partial charge on any atom is -0.487 e. The van der Waals surface area contributed by atoms with Gasteiger partial charge in [0.05, 0.1) is 11.3 Å². The van der Waals surface area contributed by atoms with Crippen LogP contribution in [0.3, 0.4) is 0 Å². The van der Waals surface area contributed by atoms with Crippen molar-refractivity contribution in [1.82, 2.24) is 4.98 Å². The Labute approximate surface area is 209 Å². The van der Waals surface area contributed by atoms with Crippen LogP contribution in [-0.2, 0) is 16.6 Å². The van der Waals surface area contributed by atoms with E-state index in [4.69, 9.17) is 21.4 Å². The minimum atomic E-state index is -3.92. The number of hydrogen-bond acceptors (Lipinski definition) is 6. The largest absolute Gasteiger partial charge is 0.487 e. The maximum absolute atomic E-state index is 13.6. The Bertz CT molecular complexity index is 1320. The number of aromatic carboxylic acids is 1. The zero-order valence-electron chi connectivity index (χ0n) is 19.6. The molecule has 2 aromatic carbocycles. The van der Waals surface area contributed by atoms with Crippen molar-refractivity contribution in [1.29, 1.82) is 0 Å². The van der Waals surface area contributed by atoms with Crippen molar-refractivity contribution in [2.75, 3.05) is 10.8 Å². The molecule has 1 heterocycles. The molecule has 0 aliphatic heterocycles. The van der Waals surface area contributed by atoms with Crippen molar-refractivity contribution in [2.45, 2.75) is 45.6 Å². The van der Waals surface area contributed by atoms with Crippen LogP contribution in [0.1, 0.15) is 46.6 Å². The summed E-state index contributed by atoms with van der Waals surface area (Å²) in [5.74, 6) is -0.639. The van der Waals surface area contributed by atoms with E-state index in [1.54, 1.807) is 30.5 Å². The molecule has 3 aromatic rings. The third kappa shape index (κ3) is 5.71. The third-order valence-electron chi connectivity index (χ3n) is 5.17.